The minimum atomic E-state index is -2.06. The van der Waals surface area contributed by atoms with Crippen molar-refractivity contribution in [1.29, 1.82) is 0 Å². The molecule has 1 atom stereocenters. The van der Waals surface area contributed by atoms with Gasteiger partial charge in [0.15, 0.2) is 0 Å². The first-order chi connectivity index (χ1) is 9.32. The zero-order chi connectivity index (χ0) is 15.2. The van der Waals surface area contributed by atoms with Gasteiger partial charge in [-0.05, 0) is 24.1 Å². The maximum absolute atomic E-state index is 12.8. The van der Waals surface area contributed by atoms with Gasteiger partial charge in [-0.25, -0.2) is 4.39 Å². The number of alkyl halides is 3. The van der Waals surface area contributed by atoms with Crippen LogP contribution in [-0.4, -0.2) is 27.5 Å². The van der Waals surface area contributed by atoms with Crippen LogP contribution in [0.25, 0.3) is 6.08 Å². The number of hydrogen-bond acceptors (Lipinski definition) is 2. The van der Waals surface area contributed by atoms with Crippen molar-refractivity contribution >= 4 is 46.8 Å². The van der Waals surface area contributed by atoms with E-state index < -0.39 is 15.7 Å². The van der Waals surface area contributed by atoms with Gasteiger partial charge in [0.1, 0.15) is 5.82 Å². The molecule has 0 saturated heterocycles. The van der Waals surface area contributed by atoms with Crippen LogP contribution in [0, 0.1) is 5.82 Å². The van der Waals surface area contributed by atoms with E-state index in [4.69, 9.17) is 39.9 Å². The first kappa shape index (κ1) is 17.2. The summed E-state index contributed by atoms with van der Waals surface area (Å²) >= 11 is 16.4. The molecule has 7 heteroatoms. The van der Waals surface area contributed by atoms with Crippen LogP contribution in [-0.2, 0) is 4.79 Å². The molecule has 0 unspecified atom stereocenters. The minimum absolute atomic E-state index is 0.140. The zero-order valence-corrected chi connectivity index (χ0v) is 12.6. The molecular weight excluding hydrogens is 328 g/mol. The van der Waals surface area contributed by atoms with Crippen LogP contribution < -0.4 is 5.32 Å². The predicted molar refractivity (Wildman–Crippen MR) is 79.4 cm³/mol. The largest absolute Gasteiger partial charge is 0.396 e. The Balaban J connectivity index is 2.71. The van der Waals surface area contributed by atoms with Gasteiger partial charge in [-0.3, -0.25) is 4.79 Å². The Morgan fingerprint density at radius 2 is 1.95 bits per heavy atom. The first-order valence-electron chi connectivity index (χ1n) is 5.75. The molecule has 1 aromatic carbocycles. The van der Waals surface area contributed by atoms with Crippen molar-refractivity contribution in [2.75, 3.05) is 6.61 Å². The van der Waals surface area contributed by atoms with E-state index >= 15 is 0 Å². The van der Waals surface area contributed by atoms with Crippen LogP contribution in [0.4, 0.5) is 4.39 Å². The van der Waals surface area contributed by atoms with Crippen LogP contribution in [0.1, 0.15) is 12.0 Å². The van der Waals surface area contributed by atoms with Gasteiger partial charge in [0.25, 0.3) is 9.70 Å². The van der Waals surface area contributed by atoms with Crippen molar-refractivity contribution < 1.29 is 14.3 Å². The summed E-state index contributed by atoms with van der Waals surface area (Å²) in [4.78, 5) is 11.5. The standard InChI is InChI=1S/C13H13Cl3FNO2/c14-13(15,16)12(20)18-11(7-8-19)6-3-9-1-4-10(17)5-2-9/h1-6,11,19H,7-8H2,(H,18,20)/b6-3+/t11-/m1/s1. The highest BCUT2D eigenvalue weighted by Gasteiger charge is 2.31. The van der Waals surface area contributed by atoms with Crippen molar-refractivity contribution in [2.45, 2.75) is 16.3 Å². The number of aliphatic hydroxyl groups is 1. The number of carbonyl (C=O) groups excluding carboxylic acids is 1. The van der Waals surface area contributed by atoms with Crippen LogP contribution in [0.2, 0.25) is 0 Å². The Bertz CT molecular complexity index is 471. The quantitative estimate of drug-likeness (QED) is 0.809. The predicted octanol–water partition coefficient (Wildman–Crippen LogP) is 3.08. The average molecular weight is 341 g/mol. The second kappa shape index (κ2) is 7.84. The fraction of sp³-hybridized carbons (Fsp3) is 0.308. The molecule has 1 rings (SSSR count). The van der Waals surface area contributed by atoms with E-state index in [-0.39, 0.29) is 18.8 Å². The second-order valence-corrected chi connectivity index (χ2v) is 6.28. The number of halogens is 4. The summed E-state index contributed by atoms with van der Waals surface area (Å²) in [5, 5.41) is 11.4. The van der Waals surface area contributed by atoms with Crippen molar-refractivity contribution in [1.82, 2.24) is 5.32 Å². The summed E-state index contributed by atoms with van der Waals surface area (Å²) in [6, 6.07) is 5.31. The van der Waals surface area contributed by atoms with Crippen LogP contribution in [0.3, 0.4) is 0 Å². The molecular formula is C13H13Cl3FNO2. The maximum Gasteiger partial charge on any atom is 0.272 e. The van der Waals surface area contributed by atoms with Gasteiger partial charge in [-0.1, -0.05) is 59.1 Å². The van der Waals surface area contributed by atoms with Crippen LogP contribution in [0.15, 0.2) is 30.3 Å². The van der Waals surface area contributed by atoms with E-state index in [1.165, 1.54) is 12.1 Å². The average Bonchev–Trinajstić information content (AvgIpc) is 2.37. The third-order valence-corrected chi connectivity index (χ3v) is 2.92. The minimum Gasteiger partial charge on any atom is -0.396 e. The van der Waals surface area contributed by atoms with E-state index in [1.807, 2.05) is 0 Å². The third-order valence-electron chi connectivity index (χ3n) is 2.41. The Labute approximate surface area is 131 Å². The molecule has 0 aromatic heterocycles. The van der Waals surface area contributed by atoms with E-state index in [0.29, 0.717) is 0 Å². The number of rotatable bonds is 5. The molecule has 0 saturated carbocycles. The molecule has 20 heavy (non-hydrogen) atoms. The number of carbonyl (C=O) groups is 1. The lowest BCUT2D eigenvalue weighted by Crippen LogP contribution is -2.41. The highest BCUT2D eigenvalue weighted by atomic mass is 35.6. The molecule has 0 aliphatic carbocycles. The SMILES string of the molecule is O=C(N[C@H](/C=C/c1ccc(F)cc1)CCO)C(Cl)(Cl)Cl. The summed E-state index contributed by atoms with van der Waals surface area (Å²) in [7, 11) is 0. The van der Waals surface area contributed by atoms with Gasteiger partial charge < -0.3 is 10.4 Å². The summed E-state index contributed by atoms with van der Waals surface area (Å²) in [6.45, 7) is -0.140. The van der Waals surface area contributed by atoms with Crippen molar-refractivity contribution in [3.05, 3.63) is 41.7 Å². The molecule has 1 amide bonds. The van der Waals surface area contributed by atoms with E-state index in [1.54, 1.807) is 24.3 Å². The van der Waals surface area contributed by atoms with Gasteiger partial charge in [0.2, 0.25) is 0 Å². The first-order valence-corrected chi connectivity index (χ1v) is 6.88. The number of aliphatic hydroxyl groups excluding tert-OH is 1. The van der Waals surface area contributed by atoms with Crippen molar-refractivity contribution in [3.63, 3.8) is 0 Å². The molecule has 0 radical (unpaired) electrons. The Morgan fingerprint density at radius 3 is 2.45 bits per heavy atom. The van der Waals surface area contributed by atoms with Crippen molar-refractivity contribution in [3.8, 4) is 0 Å². The number of benzene rings is 1. The van der Waals surface area contributed by atoms with E-state index in [0.717, 1.165) is 5.56 Å². The molecule has 0 heterocycles. The second-order valence-electron chi connectivity index (χ2n) is 4.00. The summed E-state index contributed by atoms with van der Waals surface area (Å²) < 4.78 is 10.7. The fourth-order valence-electron chi connectivity index (χ4n) is 1.41. The van der Waals surface area contributed by atoms with Crippen LogP contribution >= 0.6 is 34.8 Å². The Morgan fingerprint density at radius 1 is 1.35 bits per heavy atom. The Kier molecular flexibility index (Phi) is 6.76. The number of hydrogen-bond donors (Lipinski definition) is 2. The van der Waals surface area contributed by atoms with Gasteiger partial charge in [-0.15, -0.1) is 0 Å². The lowest BCUT2D eigenvalue weighted by molar-refractivity contribution is -0.120. The molecule has 0 aliphatic heterocycles. The highest BCUT2D eigenvalue weighted by molar-refractivity contribution is 6.76. The molecule has 0 spiro atoms. The molecule has 0 bridgehead atoms. The molecule has 110 valence electrons. The Hall–Kier alpha value is -0.810. The summed E-state index contributed by atoms with van der Waals surface area (Å²) in [5.74, 6) is -1.11. The monoisotopic (exact) mass is 339 g/mol. The third kappa shape index (κ3) is 6.09. The van der Waals surface area contributed by atoms with Crippen LogP contribution in [0.5, 0.6) is 0 Å². The summed E-state index contributed by atoms with van der Waals surface area (Å²) in [5.41, 5.74) is 0.748. The van der Waals surface area contributed by atoms with Gasteiger partial charge in [0, 0.05) is 12.6 Å². The lowest BCUT2D eigenvalue weighted by atomic mass is 10.1. The molecule has 3 nitrogen and oxygen atoms in total. The highest BCUT2D eigenvalue weighted by Crippen LogP contribution is 2.26. The molecule has 2 N–H and O–H groups in total. The lowest BCUT2D eigenvalue weighted by Gasteiger charge is -2.17. The molecule has 1 aromatic rings. The maximum atomic E-state index is 12.8. The topological polar surface area (TPSA) is 49.3 Å². The zero-order valence-electron chi connectivity index (χ0n) is 10.3. The van der Waals surface area contributed by atoms with Crippen molar-refractivity contribution in [2.24, 2.45) is 0 Å². The number of nitrogens with one attached hydrogen (secondary N) is 1. The molecule has 0 aliphatic rings. The summed E-state index contributed by atoms with van der Waals surface area (Å²) in [6.07, 6.45) is 3.58. The fourth-order valence-corrected chi connectivity index (χ4v) is 1.57. The smallest absolute Gasteiger partial charge is 0.272 e. The van der Waals surface area contributed by atoms with Gasteiger partial charge in [0.05, 0.1) is 0 Å². The van der Waals surface area contributed by atoms with E-state index in [9.17, 15) is 9.18 Å². The number of amides is 1. The normalized spacial score (nSPS) is 13.4. The van der Waals surface area contributed by atoms with Gasteiger partial charge in [-0.2, -0.15) is 0 Å². The van der Waals surface area contributed by atoms with E-state index in [2.05, 4.69) is 5.32 Å². The molecule has 0 fully saturated rings. The van der Waals surface area contributed by atoms with Gasteiger partial charge >= 0.3 is 0 Å².